The maximum Gasteiger partial charge on any atom is 0.122 e. The second kappa shape index (κ2) is 7.50. The summed E-state index contributed by atoms with van der Waals surface area (Å²) in [6.45, 7) is 6.54. The van der Waals surface area contributed by atoms with Gasteiger partial charge < -0.3 is 14.8 Å². The van der Waals surface area contributed by atoms with E-state index in [2.05, 4.69) is 29.3 Å². The van der Waals surface area contributed by atoms with E-state index in [4.69, 9.17) is 9.47 Å². The predicted molar refractivity (Wildman–Crippen MR) is 81.5 cm³/mol. The second-order valence-electron chi connectivity index (χ2n) is 5.28. The molecule has 0 amide bonds. The molecule has 1 aromatic carbocycles. The number of rotatable bonds is 7. The van der Waals surface area contributed by atoms with Crippen LogP contribution in [0.25, 0.3) is 0 Å². The van der Waals surface area contributed by atoms with E-state index in [0.717, 1.165) is 31.1 Å². The summed E-state index contributed by atoms with van der Waals surface area (Å²) in [7, 11) is 3.37. The Morgan fingerprint density at radius 1 is 1.20 bits per heavy atom. The van der Waals surface area contributed by atoms with Crippen LogP contribution in [0.3, 0.4) is 0 Å². The molecule has 1 N–H and O–H groups in total. The lowest BCUT2D eigenvalue weighted by Crippen LogP contribution is -2.37. The van der Waals surface area contributed by atoms with E-state index in [1.807, 2.05) is 6.07 Å². The lowest BCUT2D eigenvalue weighted by molar-refractivity contribution is 0.260. The minimum absolute atomic E-state index is 0.688. The lowest BCUT2D eigenvalue weighted by atomic mass is 10.1. The Bertz CT molecular complexity index is 401. The van der Waals surface area contributed by atoms with Gasteiger partial charge in [0.25, 0.3) is 0 Å². The average molecular weight is 278 g/mol. The van der Waals surface area contributed by atoms with Gasteiger partial charge in [-0.1, -0.05) is 6.92 Å². The number of benzene rings is 1. The molecule has 0 spiro atoms. The van der Waals surface area contributed by atoms with E-state index in [1.54, 1.807) is 14.2 Å². The van der Waals surface area contributed by atoms with E-state index >= 15 is 0 Å². The molecule has 1 aliphatic heterocycles. The minimum atomic E-state index is 0.688. The number of likely N-dealkylation sites (tertiary alicyclic amines) is 1. The van der Waals surface area contributed by atoms with Gasteiger partial charge in [0.05, 0.1) is 14.2 Å². The zero-order valence-corrected chi connectivity index (χ0v) is 12.8. The van der Waals surface area contributed by atoms with Gasteiger partial charge in [0.2, 0.25) is 0 Å². The van der Waals surface area contributed by atoms with Crippen molar-refractivity contribution in [1.29, 1.82) is 0 Å². The summed E-state index contributed by atoms with van der Waals surface area (Å²) in [4.78, 5) is 2.55. The van der Waals surface area contributed by atoms with Crippen molar-refractivity contribution in [2.24, 2.45) is 0 Å². The van der Waals surface area contributed by atoms with Crippen LogP contribution in [-0.2, 0) is 6.54 Å². The first-order valence-electron chi connectivity index (χ1n) is 7.43. The first-order chi connectivity index (χ1) is 9.76. The quantitative estimate of drug-likeness (QED) is 0.829. The maximum absolute atomic E-state index is 5.30. The third kappa shape index (κ3) is 3.87. The summed E-state index contributed by atoms with van der Waals surface area (Å²) >= 11 is 0. The van der Waals surface area contributed by atoms with E-state index < -0.39 is 0 Å². The van der Waals surface area contributed by atoms with Gasteiger partial charge >= 0.3 is 0 Å². The zero-order valence-electron chi connectivity index (χ0n) is 12.8. The SMILES string of the molecule is CCN1CCCC1CNCc1cc(OC)cc(OC)c1. The Morgan fingerprint density at radius 2 is 1.90 bits per heavy atom. The molecule has 1 unspecified atom stereocenters. The number of methoxy groups -OCH3 is 2. The van der Waals surface area contributed by atoms with Crippen LogP contribution in [0.1, 0.15) is 25.3 Å². The first-order valence-corrected chi connectivity index (χ1v) is 7.43. The number of nitrogens with zero attached hydrogens (tertiary/aromatic N) is 1. The number of ether oxygens (including phenoxy) is 2. The highest BCUT2D eigenvalue weighted by Crippen LogP contribution is 2.22. The smallest absolute Gasteiger partial charge is 0.122 e. The summed E-state index contributed by atoms with van der Waals surface area (Å²) in [5.41, 5.74) is 1.20. The van der Waals surface area contributed by atoms with Crippen LogP contribution in [0.15, 0.2) is 18.2 Å². The van der Waals surface area contributed by atoms with Crippen molar-refractivity contribution in [3.05, 3.63) is 23.8 Å². The largest absolute Gasteiger partial charge is 0.497 e. The Balaban J connectivity index is 1.87. The lowest BCUT2D eigenvalue weighted by Gasteiger charge is -2.23. The Morgan fingerprint density at radius 3 is 2.50 bits per heavy atom. The summed E-state index contributed by atoms with van der Waals surface area (Å²) < 4.78 is 10.6. The van der Waals surface area contributed by atoms with Crippen molar-refractivity contribution in [3.63, 3.8) is 0 Å². The summed E-state index contributed by atoms with van der Waals surface area (Å²) in [6, 6.07) is 6.70. The highest BCUT2D eigenvalue weighted by Gasteiger charge is 2.22. The number of hydrogen-bond donors (Lipinski definition) is 1. The van der Waals surface area contributed by atoms with Crippen LogP contribution in [0.2, 0.25) is 0 Å². The molecule has 1 aliphatic rings. The molecule has 0 saturated carbocycles. The molecule has 1 saturated heterocycles. The number of hydrogen-bond acceptors (Lipinski definition) is 4. The van der Waals surface area contributed by atoms with Crippen molar-refractivity contribution in [2.45, 2.75) is 32.4 Å². The molecule has 0 radical (unpaired) electrons. The standard InChI is InChI=1S/C16H26N2O2/c1-4-18-7-5-6-14(18)12-17-11-13-8-15(19-2)10-16(9-13)20-3/h8-10,14,17H,4-7,11-12H2,1-3H3. The fourth-order valence-electron chi connectivity index (χ4n) is 2.89. The Labute approximate surface area is 122 Å². The van der Waals surface area contributed by atoms with Gasteiger partial charge in [-0.15, -0.1) is 0 Å². The summed E-state index contributed by atoms with van der Waals surface area (Å²) in [5.74, 6) is 1.69. The molecule has 4 heteroatoms. The van der Waals surface area contributed by atoms with Gasteiger partial charge in [-0.25, -0.2) is 0 Å². The molecule has 112 valence electrons. The maximum atomic E-state index is 5.30. The van der Waals surface area contributed by atoms with E-state index in [1.165, 1.54) is 24.9 Å². The third-order valence-corrected chi connectivity index (χ3v) is 4.03. The monoisotopic (exact) mass is 278 g/mol. The molecule has 2 rings (SSSR count). The zero-order chi connectivity index (χ0) is 14.4. The third-order valence-electron chi connectivity index (χ3n) is 4.03. The molecular formula is C16H26N2O2. The van der Waals surface area contributed by atoms with Crippen LogP contribution in [-0.4, -0.2) is 44.8 Å². The van der Waals surface area contributed by atoms with Gasteiger partial charge in [-0.05, 0) is 43.6 Å². The molecule has 4 nitrogen and oxygen atoms in total. The Hall–Kier alpha value is -1.26. The van der Waals surface area contributed by atoms with Crippen molar-refractivity contribution in [2.75, 3.05) is 33.9 Å². The van der Waals surface area contributed by atoms with Gasteiger partial charge in [-0.2, -0.15) is 0 Å². The minimum Gasteiger partial charge on any atom is -0.497 e. The number of likely N-dealkylation sites (N-methyl/N-ethyl adjacent to an activating group) is 1. The highest BCUT2D eigenvalue weighted by molar-refractivity contribution is 5.38. The Kier molecular flexibility index (Phi) is 5.68. The predicted octanol–water partition coefficient (Wildman–Crippen LogP) is 2.28. The molecule has 1 fully saturated rings. The van der Waals surface area contributed by atoms with E-state index in [-0.39, 0.29) is 0 Å². The highest BCUT2D eigenvalue weighted by atomic mass is 16.5. The van der Waals surface area contributed by atoms with E-state index in [0.29, 0.717) is 6.04 Å². The fraction of sp³-hybridized carbons (Fsp3) is 0.625. The van der Waals surface area contributed by atoms with Crippen LogP contribution in [0.4, 0.5) is 0 Å². The van der Waals surface area contributed by atoms with Crippen molar-refractivity contribution in [1.82, 2.24) is 10.2 Å². The molecule has 1 atom stereocenters. The molecule has 0 aliphatic carbocycles. The summed E-state index contributed by atoms with van der Waals surface area (Å²) in [6.07, 6.45) is 2.63. The van der Waals surface area contributed by atoms with Crippen molar-refractivity contribution in [3.8, 4) is 11.5 Å². The second-order valence-corrected chi connectivity index (χ2v) is 5.28. The van der Waals surface area contributed by atoms with Crippen molar-refractivity contribution >= 4 is 0 Å². The molecule has 1 aromatic rings. The normalized spacial score (nSPS) is 19.2. The first kappa shape index (κ1) is 15.1. The van der Waals surface area contributed by atoms with Crippen LogP contribution in [0.5, 0.6) is 11.5 Å². The molecule has 20 heavy (non-hydrogen) atoms. The number of nitrogens with one attached hydrogen (secondary N) is 1. The van der Waals surface area contributed by atoms with Gasteiger partial charge in [-0.3, -0.25) is 4.90 Å². The topological polar surface area (TPSA) is 33.7 Å². The van der Waals surface area contributed by atoms with E-state index in [9.17, 15) is 0 Å². The molecule has 0 bridgehead atoms. The van der Waals surface area contributed by atoms with Crippen LogP contribution >= 0.6 is 0 Å². The molecular weight excluding hydrogens is 252 g/mol. The fourth-order valence-corrected chi connectivity index (χ4v) is 2.89. The van der Waals surface area contributed by atoms with Gasteiger partial charge in [0.15, 0.2) is 0 Å². The summed E-state index contributed by atoms with van der Waals surface area (Å²) in [5, 5.41) is 3.56. The van der Waals surface area contributed by atoms with Crippen LogP contribution in [0, 0.1) is 0 Å². The van der Waals surface area contributed by atoms with Gasteiger partial charge in [0.1, 0.15) is 11.5 Å². The molecule has 0 aromatic heterocycles. The van der Waals surface area contributed by atoms with Crippen molar-refractivity contribution < 1.29 is 9.47 Å². The average Bonchev–Trinajstić information content (AvgIpc) is 2.94. The molecule has 1 heterocycles. The van der Waals surface area contributed by atoms with Gasteiger partial charge in [0, 0.05) is 25.2 Å². The van der Waals surface area contributed by atoms with Crippen LogP contribution < -0.4 is 14.8 Å².